The number of nitrogens with zero attached hydrogens (tertiary/aromatic N) is 1. The molecule has 1 aromatic rings. The highest BCUT2D eigenvalue weighted by Crippen LogP contribution is 2.04. The Labute approximate surface area is 108 Å². The molecule has 2 N–H and O–H groups in total. The molecule has 104 valence electrons. The van der Waals surface area contributed by atoms with Crippen LogP contribution < -0.4 is 10.0 Å². The van der Waals surface area contributed by atoms with Gasteiger partial charge >= 0.3 is 0 Å². The van der Waals surface area contributed by atoms with Crippen LogP contribution in [0.25, 0.3) is 0 Å². The first kappa shape index (κ1) is 15.1. The summed E-state index contributed by atoms with van der Waals surface area (Å²) in [5, 5.41) is 3.05. The summed E-state index contributed by atoms with van der Waals surface area (Å²) in [4.78, 5) is 3.99. The van der Waals surface area contributed by atoms with Gasteiger partial charge in [0.05, 0.1) is 18.5 Å². The number of rotatable bonds is 8. The fourth-order valence-electron chi connectivity index (χ4n) is 1.32. The lowest BCUT2D eigenvalue weighted by Gasteiger charge is -2.08. The first-order valence-corrected chi connectivity index (χ1v) is 7.72. The molecule has 7 heteroatoms. The molecule has 0 aliphatic carbocycles. The van der Waals surface area contributed by atoms with Gasteiger partial charge in [-0.1, -0.05) is 20.8 Å². The van der Waals surface area contributed by atoms with Crippen LogP contribution in [0.4, 0.5) is 0 Å². The molecular formula is C11H21N3O3S. The summed E-state index contributed by atoms with van der Waals surface area (Å²) >= 11 is 0. The van der Waals surface area contributed by atoms with Crippen LogP contribution in [0.5, 0.6) is 0 Å². The molecule has 0 radical (unpaired) electrons. The Morgan fingerprint density at radius 3 is 2.72 bits per heavy atom. The van der Waals surface area contributed by atoms with Crippen LogP contribution in [0.15, 0.2) is 10.6 Å². The summed E-state index contributed by atoms with van der Waals surface area (Å²) in [5.74, 6) is 1.20. The zero-order chi connectivity index (χ0) is 13.6. The predicted molar refractivity (Wildman–Crippen MR) is 69.6 cm³/mol. The summed E-state index contributed by atoms with van der Waals surface area (Å²) in [6, 6.07) is 0.277. The highest BCUT2D eigenvalue weighted by Gasteiger charge is 2.11. The lowest BCUT2D eigenvalue weighted by atomic mass is 10.4. The van der Waals surface area contributed by atoms with Crippen LogP contribution in [-0.4, -0.2) is 31.7 Å². The smallest absolute Gasteiger partial charge is 0.213 e. The molecule has 1 aromatic heterocycles. The van der Waals surface area contributed by atoms with E-state index in [1.165, 1.54) is 0 Å². The van der Waals surface area contributed by atoms with Crippen LogP contribution in [0.1, 0.15) is 32.4 Å². The minimum atomic E-state index is -3.29. The third-order valence-electron chi connectivity index (χ3n) is 2.32. The van der Waals surface area contributed by atoms with Crippen molar-refractivity contribution in [2.75, 3.05) is 12.3 Å². The van der Waals surface area contributed by atoms with Crippen molar-refractivity contribution in [1.29, 1.82) is 0 Å². The standard InChI is InChI=1S/C11H21N3O3S/c1-4-10-7-13-11(17-10)8-14-18(15,16)6-5-12-9(2)3/h7,9,12,14H,4-6,8H2,1-3H3. The number of hydrogen-bond acceptors (Lipinski definition) is 5. The van der Waals surface area contributed by atoms with Crippen molar-refractivity contribution in [3.8, 4) is 0 Å². The van der Waals surface area contributed by atoms with Crippen molar-refractivity contribution < 1.29 is 12.8 Å². The van der Waals surface area contributed by atoms with Crippen LogP contribution >= 0.6 is 0 Å². The van der Waals surface area contributed by atoms with E-state index >= 15 is 0 Å². The Morgan fingerprint density at radius 1 is 1.44 bits per heavy atom. The maximum atomic E-state index is 11.6. The summed E-state index contributed by atoms with van der Waals surface area (Å²) < 4.78 is 31.1. The average Bonchev–Trinajstić information content (AvgIpc) is 2.73. The van der Waals surface area contributed by atoms with E-state index in [9.17, 15) is 8.42 Å². The molecule has 0 saturated carbocycles. The quantitative estimate of drug-likeness (QED) is 0.728. The lowest BCUT2D eigenvalue weighted by molar-refractivity contribution is 0.452. The van der Waals surface area contributed by atoms with E-state index in [4.69, 9.17) is 4.42 Å². The third kappa shape index (κ3) is 5.61. The molecule has 18 heavy (non-hydrogen) atoms. The number of aromatic nitrogens is 1. The lowest BCUT2D eigenvalue weighted by Crippen LogP contribution is -2.34. The molecule has 0 amide bonds. The Balaban J connectivity index is 2.36. The highest BCUT2D eigenvalue weighted by atomic mass is 32.2. The molecular weight excluding hydrogens is 254 g/mol. The van der Waals surface area contributed by atoms with Crippen LogP contribution in [0, 0.1) is 0 Å². The van der Waals surface area contributed by atoms with E-state index in [1.807, 2.05) is 20.8 Å². The molecule has 0 aromatic carbocycles. The van der Waals surface area contributed by atoms with Crippen LogP contribution in [-0.2, 0) is 23.0 Å². The Morgan fingerprint density at radius 2 is 2.17 bits per heavy atom. The van der Waals surface area contributed by atoms with E-state index < -0.39 is 10.0 Å². The fourth-order valence-corrected chi connectivity index (χ4v) is 2.19. The molecule has 0 aliphatic rings. The number of hydrogen-bond donors (Lipinski definition) is 2. The Bertz CT molecular complexity index is 454. The van der Waals surface area contributed by atoms with Crippen LogP contribution in [0.2, 0.25) is 0 Å². The van der Waals surface area contributed by atoms with Gasteiger partial charge in [0.15, 0.2) is 0 Å². The second-order valence-electron chi connectivity index (χ2n) is 4.32. The van der Waals surface area contributed by atoms with Crippen molar-refractivity contribution >= 4 is 10.0 Å². The second-order valence-corrected chi connectivity index (χ2v) is 6.25. The topological polar surface area (TPSA) is 84.2 Å². The van der Waals surface area contributed by atoms with Crippen LogP contribution in [0.3, 0.4) is 0 Å². The SMILES string of the molecule is CCc1cnc(CNS(=O)(=O)CCNC(C)C)o1. The number of aryl methyl sites for hydroxylation is 1. The van der Waals surface area contributed by atoms with E-state index in [-0.39, 0.29) is 18.3 Å². The molecule has 1 rings (SSSR count). The number of oxazole rings is 1. The third-order valence-corrected chi connectivity index (χ3v) is 3.64. The fraction of sp³-hybridized carbons (Fsp3) is 0.727. The molecule has 1 heterocycles. The minimum absolute atomic E-state index is 0.0481. The van der Waals surface area contributed by atoms with Gasteiger partial charge in [-0.05, 0) is 0 Å². The molecule has 0 atom stereocenters. The summed E-state index contributed by atoms with van der Waals surface area (Å²) in [6.07, 6.45) is 2.36. The predicted octanol–water partition coefficient (Wildman–Crippen LogP) is 0.654. The van der Waals surface area contributed by atoms with Crippen molar-refractivity contribution in [3.63, 3.8) is 0 Å². The zero-order valence-corrected chi connectivity index (χ0v) is 11.9. The van der Waals surface area contributed by atoms with E-state index in [0.29, 0.717) is 12.4 Å². The van der Waals surface area contributed by atoms with Gasteiger partial charge in [-0.25, -0.2) is 18.1 Å². The van der Waals surface area contributed by atoms with Crippen molar-refractivity contribution in [2.45, 2.75) is 39.8 Å². The molecule has 0 spiro atoms. The Hall–Kier alpha value is -0.920. The monoisotopic (exact) mass is 275 g/mol. The molecule has 0 fully saturated rings. The number of nitrogens with one attached hydrogen (secondary N) is 2. The van der Waals surface area contributed by atoms with Crippen molar-refractivity contribution in [2.24, 2.45) is 0 Å². The van der Waals surface area contributed by atoms with Gasteiger partial charge in [0, 0.05) is 19.0 Å². The Kier molecular flexibility index (Phi) is 5.77. The van der Waals surface area contributed by atoms with Gasteiger partial charge in [-0.3, -0.25) is 0 Å². The maximum Gasteiger partial charge on any atom is 0.213 e. The zero-order valence-electron chi connectivity index (χ0n) is 11.1. The normalized spacial score (nSPS) is 12.2. The van der Waals surface area contributed by atoms with Crippen molar-refractivity contribution in [1.82, 2.24) is 15.0 Å². The molecule has 0 saturated heterocycles. The second kappa shape index (κ2) is 6.86. The molecule has 0 aliphatic heterocycles. The summed E-state index contributed by atoms with van der Waals surface area (Å²) in [6.45, 7) is 6.42. The van der Waals surface area contributed by atoms with Gasteiger partial charge in [-0.2, -0.15) is 0 Å². The summed E-state index contributed by atoms with van der Waals surface area (Å²) in [7, 11) is -3.29. The van der Waals surface area contributed by atoms with Gasteiger partial charge in [0.2, 0.25) is 15.9 Å². The van der Waals surface area contributed by atoms with E-state index in [1.54, 1.807) is 6.20 Å². The van der Waals surface area contributed by atoms with Gasteiger partial charge in [0.1, 0.15) is 5.76 Å². The first-order valence-electron chi connectivity index (χ1n) is 6.07. The summed E-state index contributed by atoms with van der Waals surface area (Å²) in [5.41, 5.74) is 0. The maximum absolute atomic E-state index is 11.6. The minimum Gasteiger partial charge on any atom is -0.444 e. The largest absolute Gasteiger partial charge is 0.444 e. The van der Waals surface area contributed by atoms with Crippen molar-refractivity contribution in [3.05, 3.63) is 17.8 Å². The molecule has 0 unspecified atom stereocenters. The van der Waals surface area contributed by atoms with E-state index in [2.05, 4.69) is 15.0 Å². The highest BCUT2D eigenvalue weighted by molar-refractivity contribution is 7.89. The molecule has 0 bridgehead atoms. The van der Waals surface area contributed by atoms with Gasteiger partial charge in [-0.15, -0.1) is 0 Å². The first-order chi connectivity index (χ1) is 8.43. The van der Waals surface area contributed by atoms with Gasteiger partial charge in [0.25, 0.3) is 0 Å². The van der Waals surface area contributed by atoms with E-state index in [0.717, 1.165) is 12.2 Å². The van der Waals surface area contributed by atoms with Gasteiger partial charge < -0.3 is 9.73 Å². The molecule has 6 nitrogen and oxygen atoms in total. The number of sulfonamides is 1. The average molecular weight is 275 g/mol.